The van der Waals surface area contributed by atoms with E-state index in [4.69, 9.17) is 54.1 Å². The van der Waals surface area contributed by atoms with Crippen LogP contribution in [0.3, 0.4) is 0 Å². The van der Waals surface area contributed by atoms with Gasteiger partial charge in [0, 0.05) is 24.2 Å². The van der Waals surface area contributed by atoms with Crippen LogP contribution in [0.15, 0.2) is 109 Å². The molecule has 0 N–H and O–H groups in total. The summed E-state index contributed by atoms with van der Waals surface area (Å²) in [5.41, 5.74) is 12.7. The maximum Gasteiger partial charge on any atom is 0.161 e. The van der Waals surface area contributed by atoms with Gasteiger partial charge in [-0.15, -0.1) is 25.7 Å². The first-order valence-electron chi connectivity index (χ1n) is 20.8. The average Bonchev–Trinajstić information content (AvgIpc) is 3.33. The highest BCUT2D eigenvalue weighted by Gasteiger charge is 2.31. The topological polar surface area (TPSA) is 61.9 Å². The molecule has 0 saturated heterocycles. The first-order chi connectivity index (χ1) is 30.9. The van der Waals surface area contributed by atoms with E-state index < -0.39 is 0 Å². The smallest absolute Gasteiger partial charge is 0.161 e. The number of rotatable bonds is 12. The maximum atomic E-state index is 6.40. The Bertz CT molecular complexity index is 2860. The molecule has 63 heavy (non-hydrogen) atoms. The second-order valence-corrected chi connectivity index (χ2v) is 15.6. The Hall–Kier alpha value is -8.04. The van der Waals surface area contributed by atoms with Crippen molar-refractivity contribution in [3.63, 3.8) is 0 Å². The second-order valence-electron chi connectivity index (χ2n) is 15.6. The Labute approximate surface area is 369 Å². The number of fused-ring (bicyclic) bond motifs is 5. The fourth-order valence-electron chi connectivity index (χ4n) is 8.55. The number of anilines is 2. The summed E-state index contributed by atoms with van der Waals surface area (Å²) in [7, 11) is 0. The van der Waals surface area contributed by atoms with Crippen LogP contribution in [-0.4, -0.2) is 39.9 Å². The van der Waals surface area contributed by atoms with Crippen LogP contribution in [-0.2, 0) is 19.5 Å². The van der Waals surface area contributed by atoms with Crippen LogP contribution >= 0.6 is 0 Å². The van der Waals surface area contributed by atoms with E-state index in [0.717, 1.165) is 85.3 Å². The molecule has 2 heterocycles. The molecule has 0 radical (unpaired) electrons. The molecule has 0 spiro atoms. The Morgan fingerprint density at radius 3 is 1.44 bits per heavy atom. The summed E-state index contributed by atoms with van der Waals surface area (Å²) in [4.78, 5) is 4.40. The van der Waals surface area contributed by atoms with Gasteiger partial charge in [-0.05, 0) is 130 Å². The molecule has 0 amide bonds. The lowest BCUT2D eigenvalue weighted by Crippen LogP contribution is -2.33. The molecule has 6 aromatic carbocycles. The molecule has 8 nitrogen and oxygen atoms in total. The predicted octanol–water partition coefficient (Wildman–Crippen LogP) is 10.1. The van der Waals surface area contributed by atoms with Gasteiger partial charge in [-0.25, -0.2) is 0 Å². The molecule has 0 saturated carbocycles. The molecule has 2 aliphatic heterocycles. The van der Waals surface area contributed by atoms with Crippen LogP contribution in [0, 0.1) is 49.4 Å². The molecule has 0 aromatic heterocycles. The molecule has 9 rings (SSSR count). The summed E-state index contributed by atoms with van der Waals surface area (Å²) in [6.07, 6.45) is 23.0. The van der Waals surface area contributed by atoms with E-state index in [1.165, 1.54) is 11.1 Å². The summed E-state index contributed by atoms with van der Waals surface area (Å²) in [6.45, 7) is 4.83. The van der Waals surface area contributed by atoms with Crippen LogP contribution in [0.25, 0.3) is 33.4 Å². The van der Waals surface area contributed by atoms with E-state index in [-0.39, 0.29) is 32.3 Å². The molecule has 1 aliphatic carbocycles. The number of hydrogen-bond acceptors (Lipinski definition) is 8. The Balaban J connectivity index is 1.05. The third kappa shape index (κ3) is 8.37. The molecular weight excluding hydrogens is 785 g/mol. The van der Waals surface area contributed by atoms with Gasteiger partial charge >= 0.3 is 0 Å². The minimum absolute atomic E-state index is 0.137. The van der Waals surface area contributed by atoms with Gasteiger partial charge in [0.2, 0.25) is 0 Å². The normalized spacial score (nSPS) is 14.3. The highest BCUT2D eigenvalue weighted by molar-refractivity contribution is 5.84. The van der Waals surface area contributed by atoms with Crippen LogP contribution in [0.1, 0.15) is 35.1 Å². The molecular formula is C55H44N2O6. The van der Waals surface area contributed by atoms with Crippen molar-refractivity contribution in [1.82, 2.24) is 0 Å². The van der Waals surface area contributed by atoms with Gasteiger partial charge in [0.25, 0.3) is 0 Å². The van der Waals surface area contributed by atoms with E-state index in [0.29, 0.717) is 38.1 Å². The van der Waals surface area contributed by atoms with Crippen molar-refractivity contribution in [2.24, 2.45) is 0 Å². The summed E-state index contributed by atoms with van der Waals surface area (Å²) in [5.74, 6) is 15.1. The second kappa shape index (κ2) is 17.9. The standard InChI is InChI=1S/C55H44N2O6/c1-6-22-58-45-16-10-38(11-17-45)40-14-20-52-43(27-40)33-56(35-62-52)50-30-48-42(29-54(50)60-24-8-3)26-37(5)47-32-55(61-25-9-4)51(31-49(47)48)57-34-44-28-41(15-21-53(44)63-36-57)39-12-18-46(19-13-39)59-23-7-2/h1-4,10-21,27-32,37H,22-26,33-36H2,5H3. The largest absolute Gasteiger partial charge is 0.481 e. The molecule has 8 heteroatoms. The fraction of sp³-hybridized carbons (Fsp3) is 0.200. The van der Waals surface area contributed by atoms with Crippen molar-refractivity contribution < 1.29 is 28.4 Å². The van der Waals surface area contributed by atoms with Crippen molar-refractivity contribution in [2.45, 2.75) is 32.4 Å². The third-order valence-electron chi connectivity index (χ3n) is 11.6. The Morgan fingerprint density at radius 2 is 0.952 bits per heavy atom. The van der Waals surface area contributed by atoms with Crippen LogP contribution in [0.4, 0.5) is 11.4 Å². The van der Waals surface area contributed by atoms with E-state index in [9.17, 15) is 0 Å². The van der Waals surface area contributed by atoms with Gasteiger partial charge in [0.1, 0.15) is 60.9 Å². The molecule has 0 bridgehead atoms. The predicted molar refractivity (Wildman–Crippen MR) is 248 cm³/mol. The molecule has 0 fully saturated rings. The summed E-state index contributed by atoms with van der Waals surface area (Å²) >= 11 is 0. The number of nitrogens with zero attached hydrogens (tertiary/aromatic N) is 2. The fourth-order valence-corrected chi connectivity index (χ4v) is 8.55. The van der Waals surface area contributed by atoms with Crippen molar-refractivity contribution in [3.8, 4) is 117 Å². The van der Waals surface area contributed by atoms with Gasteiger partial charge in [-0.2, -0.15) is 0 Å². The Kier molecular flexibility index (Phi) is 11.5. The van der Waals surface area contributed by atoms with E-state index in [2.05, 4.69) is 88.9 Å². The molecule has 310 valence electrons. The van der Waals surface area contributed by atoms with Crippen molar-refractivity contribution in [1.29, 1.82) is 0 Å². The number of ether oxygens (including phenoxy) is 6. The lowest BCUT2D eigenvalue weighted by Gasteiger charge is -2.35. The van der Waals surface area contributed by atoms with E-state index in [1.807, 2.05) is 60.7 Å². The van der Waals surface area contributed by atoms with Gasteiger partial charge in [-0.1, -0.05) is 67.0 Å². The molecule has 1 unspecified atom stereocenters. The van der Waals surface area contributed by atoms with Crippen molar-refractivity contribution in [2.75, 3.05) is 49.7 Å². The van der Waals surface area contributed by atoms with Crippen LogP contribution in [0.2, 0.25) is 0 Å². The number of hydrogen-bond donors (Lipinski definition) is 0. The zero-order valence-electron chi connectivity index (χ0n) is 35.0. The van der Waals surface area contributed by atoms with Crippen LogP contribution in [0.5, 0.6) is 34.5 Å². The van der Waals surface area contributed by atoms with E-state index in [1.54, 1.807) is 0 Å². The zero-order valence-corrected chi connectivity index (χ0v) is 35.0. The highest BCUT2D eigenvalue weighted by atomic mass is 16.5. The first-order valence-corrected chi connectivity index (χ1v) is 20.8. The average molecular weight is 829 g/mol. The summed E-state index contributed by atoms with van der Waals surface area (Å²) in [5, 5.41) is 0. The Morgan fingerprint density at radius 1 is 0.508 bits per heavy atom. The van der Waals surface area contributed by atoms with Crippen molar-refractivity contribution >= 4 is 11.4 Å². The van der Waals surface area contributed by atoms with Gasteiger partial charge < -0.3 is 38.2 Å². The minimum Gasteiger partial charge on any atom is -0.481 e. The quantitative estimate of drug-likeness (QED) is 0.113. The van der Waals surface area contributed by atoms with Gasteiger partial charge in [0.05, 0.1) is 11.4 Å². The summed E-state index contributed by atoms with van der Waals surface area (Å²) < 4.78 is 36.6. The summed E-state index contributed by atoms with van der Waals surface area (Å²) in [6, 6.07) is 37.2. The minimum atomic E-state index is 0.137. The monoisotopic (exact) mass is 828 g/mol. The van der Waals surface area contributed by atoms with Crippen molar-refractivity contribution in [3.05, 3.63) is 131 Å². The SMILES string of the molecule is C#CCOc1ccc(-c2ccc3c(c2)CN(c2cc4c(cc2OCC#C)CC(C)c2cc(OCC#C)c(N5COc6ccc(-c7ccc(OCC#C)cc7)cc6C5)cc2-4)CO3)cc1. The third-order valence-corrected chi connectivity index (χ3v) is 11.6. The zero-order chi connectivity index (χ0) is 43.3. The molecule has 6 aromatic rings. The first kappa shape index (κ1) is 40.4. The lowest BCUT2D eigenvalue weighted by molar-refractivity contribution is 0.286. The lowest BCUT2D eigenvalue weighted by atomic mass is 9.78. The molecule has 3 aliphatic rings. The molecule has 1 atom stereocenters. The van der Waals surface area contributed by atoms with Gasteiger partial charge in [0.15, 0.2) is 13.5 Å². The van der Waals surface area contributed by atoms with Gasteiger partial charge in [-0.3, -0.25) is 0 Å². The number of benzene rings is 6. The highest BCUT2D eigenvalue weighted by Crippen LogP contribution is 2.49. The van der Waals surface area contributed by atoms with Crippen LogP contribution < -0.4 is 38.2 Å². The maximum absolute atomic E-state index is 6.40. The number of terminal acetylenes is 4. The van der Waals surface area contributed by atoms with E-state index >= 15 is 0 Å².